The van der Waals surface area contributed by atoms with Crippen molar-refractivity contribution in [2.45, 2.75) is 95.5 Å². The van der Waals surface area contributed by atoms with Gasteiger partial charge < -0.3 is 14.6 Å². The number of anilines is 2. The summed E-state index contributed by atoms with van der Waals surface area (Å²) in [6, 6.07) is 3.67. The lowest BCUT2D eigenvalue weighted by Crippen LogP contribution is -2.44. The molecule has 0 aromatic carbocycles. The molecule has 7 rings (SSSR count). The van der Waals surface area contributed by atoms with Crippen LogP contribution < -0.4 is 10.2 Å². The van der Waals surface area contributed by atoms with Crippen molar-refractivity contribution in [2.75, 3.05) is 16.8 Å². The molecule has 1 N–H and O–H groups in total. The van der Waals surface area contributed by atoms with E-state index in [2.05, 4.69) is 85.8 Å². The van der Waals surface area contributed by atoms with Crippen LogP contribution in [0.3, 0.4) is 0 Å². The molecule has 12 heteroatoms. The van der Waals surface area contributed by atoms with Gasteiger partial charge >= 0.3 is 0 Å². The van der Waals surface area contributed by atoms with Crippen LogP contribution in [-0.2, 0) is 9.22 Å². The van der Waals surface area contributed by atoms with Gasteiger partial charge in [-0.1, -0.05) is 20.8 Å². The number of rotatable bonds is 8. The molecule has 0 spiro atoms. The normalized spacial score (nSPS) is 23.7. The van der Waals surface area contributed by atoms with Crippen molar-refractivity contribution in [3.8, 4) is 0 Å². The van der Waals surface area contributed by atoms with E-state index in [-0.39, 0.29) is 34.9 Å². The topological polar surface area (TPSA) is 123 Å². The molecule has 1 aliphatic heterocycles. The van der Waals surface area contributed by atoms with Crippen molar-refractivity contribution in [1.29, 1.82) is 0 Å². The Balaban J connectivity index is 1.14. The molecule has 3 aliphatic rings. The first-order valence-corrected chi connectivity index (χ1v) is 18.6. The van der Waals surface area contributed by atoms with E-state index >= 15 is 0 Å². The summed E-state index contributed by atoms with van der Waals surface area (Å²) in [5.74, 6) is 3.07. The van der Waals surface area contributed by atoms with Crippen molar-refractivity contribution in [1.82, 2.24) is 34.3 Å². The Morgan fingerprint density at radius 3 is 2.64 bits per heavy atom. The number of aryl methyl sites for hydroxylation is 1. The molecule has 4 atom stereocenters. The van der Waals surface area contributed by atoms with Crippen LogP contribution in [-0.4, -0.2) is 61.2 Å². The van der Waals surface area contributed by atoms with Gasteiger partial charge in [-0.05, 0) is 61.9 Å². The van der Waals surface area contributed by atoms with Crippen molar-refractivity contribution in [3.05, 3.63) is 66.0 Å². The van der Waals surface area contributed by atoms with Crippen molar-refractivity contribution in [3.63, 3.8) is 0 Å². The third-order valence-corrected chi connectivity index (χ3v) is 14.3. The van der Waals surface area contributed by atoms with Gasteiger partial charge in [0.05, 0.1) is 17.8 Å². The van der Waals surface area contributed by atoms with Crippen LogP contribution in [0, 0.1) is 12.8 Å². The Labute approximate surface area is 259 Å². The molecule has 2 saturated carbocycles. The maximum Gasteiger partial charge on any atom is 0.234 e. The van der Waals surface area contributed by atoms with Crippen LogP contribution in [0.2, 0.25) is 18.1 Å². The minimum Gasteiger partial charge on any atom is -0.412 e. The number of aromatic nitrogens is 7. The second-order valence-corrected chi connectivity index (χ2v) is 19.0. The highest BCUT2D eigenvalue weighted by Crippen LogP contribution is 2.47. The molecule has 0 radical (unpaired) electrons. The smallest absolute Gasteiger partial charge is 0.234 e. The zero-order valence-electron chi connectivity index (χ0n) is 26.4. The molecule has 1 unspecified atom stereocenters. The molecule has 2 aliphatic carbocycles. The van der Waals surface area contributed by atoms with Gasteiger partial charge in [0.15, 0.2) is 8.32 Å². The lowest BCUT2D eigenvalue weighted by Gasteiger charge is -2.38. The van der Waals surface area contributed by atoms with E-state index < -0.39 is 8.32 Å². The number of amides is 1. The number of imidazole rings is 1. The van der Waals surface area contributed by atoms with Gasteiger partial charge in [-0.3, -0.25) is 9.20 Å². The molecule has 4 aromatic rings. The largest absolute Gasteiger partial charge is 0.412 e. The average molecular weight is 612 g/mol. The average Bonchev–Trinajstić information content (AvgIpc) is 3.89. The summed E-state index contributed by atoms with van der Waals surface area (Å²) in [4.78, 5) is 43.0. The Morgan fingerprint density at radius 1 is 1.07 bits per heavy atom. The Kier molecular flexibility index (Phi) is 7.04. The zero-order chi connectivity index (χ0) is 30.8. The van der Waals surface area contributed by atoms with Gasteiger partial charge in [0.1, 0.15) is 23.8 Å². The fraction of sp³-hybridized carbons (Fsp3) is 0.531. The maximum absolute atomic E-state index is 13.2. The van der Waals surface area contributed by atoms with E-state index in [1.54, 1.807) is 6.20 Å². The van der Waals surface area contributed by atoms with E-state index in [0.717, 1.165) is 35.9 Å². The standard InChI is InChI=1S/C32H41N9O2Si/c1-19-9-10-33-29(37-19)23-12-24(23)30(42)39-27-13-28(36-18-35-27)41-16-22(43-44(5,6)32(2,3)4)11-26(41)25-17-40-15-21(20-7-8-20)14-34-31(40)38-25/h9-10,13-15,17-18,20,22-24,26H,7-8,11-12,16H2,1-6H3,(H,35,36,39,42)/t22?,23-,24-,26+/m0/s1. The highest BCUT2D eigenvalue weighted by Gasteiger charge is 2.47. The van der Waals surface area contributed by atoms with Gasteiger partial charge in [-0.15, -0.1) is 0 Å². The molecular weight excluding hydrogens is 570 g/mol. The molecule has 5 heterocycles. The van der Waals surface area contributed by atoms with E-state index in [1.807, 2.05) is 25.3 Å². The van der Waals surface area contributed by atoms with Crippen LogP contribution in [0.25, 0.3) is 5.78 Å². The molecule has 11 nitrogen and oxygen atoms in total. The number of carbonyl (C=O) groups is 1. The molecule has 1 saturated heterocycles. The Morgan fingerprint density at radius 2 is 1.89 bits per heavy atom. The SMILES string of the molecule is Cc1ccnc([C@H]2C[C@@H]2C(=O)Nc2cc(N3CC(O[Si](C)(C)C(C)(C)C)C[C@@H]3c3cn4cc(C5CC5)cnc4n3)ncn2)n1. The third kappa shape index (κ3) is 5.72. The Hall–Kier alpha value is -3.77. The van der Waals surface area contributed by atoms with Gasteiger partial charge in [0, 0.05) is 61.3 Å². The van der Waals surface area contributed by atoms with Crippen LogP contribution >= 0.6 is 0 Å². The van der Waals surface area contributed by atoms with E-state index in [1.165, 1.54) is 24.7 Å². The van der Waals surface area contributed by atoms with Gasteiger partial charge in [0.2, 0.25) is 11.7 Å². The summed E-state index contributed by atoms with van der Waals surface area (Å²) in [6.07, 6.45) is 13.5. The minimum atomic E-state index is -2.02. The predicted molar refractivity (Wildman–Crippen MR) is 170 cm³/mol. The summed E-state index contributed by atoms with van der Waals surface area (Å²) < 4.78 is 8.97. The quantitative estimate of drug-likeness (QED) is 0.254. The first-order valence-electron chi connectivity index (χ1n) is 15.7. The minimum absolute atomic E-state index is 0.0234. The number of nitrogens with one attached hydrogen (secondary N) is 1. The fourth-order valence-electron chi connectivity index (χ4n) is 5.93. The zero-order valence-corrected chi connectivity index (χ0v) is 27.4. The highest BCUT2D eigenvalue weighted by atomic mass is 28.4. The number of nitrogens with zero attached hydrogens (tertiary/aromatic N) is 8. The molecule has 4 aromatic heterocycles. The molecule has 0 bridgehead atoms. The molecule has 1 amide bonds. The Bertz CT molecular complexity index is 1710. The number of hydrogen-bond acceptors (Lipinski definition) is 9. The van der Waals surface area contributed by atoms with Crippen LogP contribution in [0.1, 0.15) is 87.1 Å². The maximum atomic E-state index is 13.2. The number of carbonyl (C=O) groups excluding carboxylic acids is 1. The number of hydrogen-bond donors (Lipinski definition) is 1. The van der Waals surface area contributed by atoms with Crippen LogP contribution in [0.15, 0.2) is 43.2 Å². The van der Waals surface area contributed by atoms with Gasteiger partial charge in [-0.2, -0.15) is 0 Å². The second kappa shape index (κ2) is 10.7. The highest BCUT2D eigenvalue weighted by molar-refractivity contribution is 6.74. The molecule has 3 fully saturated rings. The molecule has 230 valence electrons. The molecular formula is C32H41N9O2Si. The van der Waals surface area contributed by atoms with E-state index in [9.17, 15) is 4.79 Å². The van der Waals surface area contributed by atoms with Crippen molar-refractivity contribution < 1.29 is 9.22 Å². The van der Waals surface area contributed by atoms with Crippen molar-refractivity contribution in [2.24, 2.45) is 5.92 Å². The van der Waals surface area contributed by atoms with Crippen LogP contribution in [0.4, 0.5) is 11.6 Å². The van der Waals surface area contributed by atoms with Gasteiger partial charge in [0.25, 0.3) is 0 Å². The van der Waals surface area contributed by atoms with Crippen LogP contribution in [0.5, 0.6) is 0 Å². The number of fused-ring (bicyclic) bond motifs is 1. The van der Waals surface area contributed by atoms with E-state index in [0.29, 0.717) is 24.1 Å². The fourth-order valence-corrected chi connectivity index (χ4v) is 7.28. The lowest BCUT2D eigenvalue weighted by molar-refractivity contribution is -0.117. The summed E-state index contributed by atoms with van der Waals surface area (Å²) in [5.41, 5.74) is 3.11. The second-order valence-electron chi connectivity index (χ2n) is 14.2. The first-order chi connectivity index (χ1) is 20.9. The monoisotopic (exact) mass is 611 g/mol. The third-order valence-electron chi connectivity index (χ3n) is 9.74. The van der Waals surface area contributed by atoms with E-state index in [4.69, 9.17) is 9.41 Å². The first kappa shape index (κ1) is 29.0. The molecule has 44 heavy (non-hydrogen) atoms. The summed E-state index contributed by atoms with van der Waals surface area (Å²) in [5, 5.41) is 3.12. The van der Waals surface area contributed by atoms with Crippen molar-refractivity contribution >= 4 is 31.6 Å². The van der Waals surface area contributed by atoms with Gasteiger partial charge in [-0.25, -0.2) is 29.9 Å². The lowest BCUT2D eigenvalue weighted by atomic mass is 10.1. The summed E-state index contributed by atoms with van der Waals surface area (Å²) >= 11 is 0. The summed E-state index contributed by atoms with van der Waals surface area (Å²) in [7, 11) is -2.02. The predicted octanol–water partition coefficient (Wildman–Crippen LogP) is 5.58. The summed E-state index contributed by atoms with van der Waals surface area (Å²) in [6.45, 7) is 14.0.